The summed E-state index contributed by atoms with van der Waals surface area (Å²) in [4.78, 5) is 17.5. The molecule has 0 N–H and O–H groups in total. The SMILES string of the molecule is COc1ccc(F)cc1C(=O)N1CCc2sccc2C1c1cccs1. The quantitative estimate of drug-likeness (QED) is 0.663. The van der Waals surface area contributed by atoms with Crippen molar-refractivity contribution >= 4 is 28.6 Å². The van der Waals surface area contributed by atoms with Crippen molar-refractivity contribution in [2.45, 2.75) is 12.5 Å². The van der Waals surface area contributed by atoms with Crippen LogP contribution >= 0.6 is 22.7 Å². The van der Waals surface area contributed by atoms with Gasteiger partial charge in [0.1, 0.15) is 11.6 Å². The molecule has 0 radical (unpaired) electrons. The van der Waals surface area contributed by atoms with Gasteiger partial charge in [0.05, 0.1) is 18.7 Å². The molecule has 25 heavy (non-hydrogen) atoms. The van der Waals surface area contributed by atoms with E-state index in [9.17, 15) is 9.18 Å². The summed E-state index contributed by atoms with van der Waals surface area (Å²) < 4.78 is 19.0. The third-order valence-corrected chi connectivity index (χ3v) is 6.35. The molecule has 1 aliphatic rings. The Hall–Kier alpha value is -2.18. The second-order valence-electron chi connectivity index (χ2n) is 5.81. The molecule has 0 fully saturated rings. The Morgan fingerprint density at radius 3 is 2.88 bits per heavy atom. The summed E-state index contributed by atoms with van der Waals surface area (Å²) in [5.74, 6) is -0.246. The maximum Gasteiger partial charge on any atom is 0.258 e. The number of carbonyl (C=O) groups is 1. The van der Waals surface area contributed by atoms with Gasteiger partial charge in [-0.3, -0.25) is 4.79 Å². The summed E-state index contributed by atoms with van der Waals surface area (Å²) in [6.07, 6.45) is 0.818. The normalized spacial score (nSPS) is 16.6. The Balaban J connectivity index is 1.79. The van der Waals surface area contributed by atoms with Crippen LogP contribution < -0.4 is 4.74 Å². The summed E-state index contributed by atoms with van der Waals surface area (Å²) in [7, 11) is 1.49. The summed E-state index contributed by atoms with van der Waals surface area (Å²) in [5.41, 5.74) is 1.44. The molecule has 0 saturated heterocycles. The molecule has 0 spiro atoms. The molecule has 4 rings (SSSR count). The highest BCUT2D eigenvalue weighted by Gasteiger charge is 2.34. The lowest BCUT2D eigenvalue weighted by atomic mass is 9.97. The number of ether oxygens (including phenoxy) is 1. The first-order valence-corrected chi connectivity index (χ1v) is 9.69. The highest BCUT2D eigenvalue weighted by molar-refractivity contribution is 7.10. The van der Waals surface area contributed by atoms with E-state index in [1.807, 2.05) is 22.4 Å². The minimum Gasteiger partial charge on any atom is -0.496 e. The fourth-order valence-electron chi connectivity index (χ4n) is 3.29. The minimum absolute atomic E-state index is 0.129. The van der Waals surface area contributed by atoms with Crippen molar-refractivity contribution in [3.8, 4) is 5.75 Å². The molecule has 0 saturated carbocycles. The van der Waals surface area contributed by atoms with Gasteiger partial charge in [-0.2, -0.15) is 0 Å². The maximum absolute atomic E-state index is 13.7. The van der Waals surface area contributed by atoms with Crippen LogP contribution in [0.4, 0.5) is 4.39 Å². The number of methoxy groups -OCH3 is 1. The maximum atomic E-state index is 13.7. The molecule has 3 nitrogen and oxygen atoms in total. The van der Waals surface area contributed by atoms with Crippen molar-refractivity contribution in [2.24, 2.45) is 0 Å². The fourth-order valence-corrected chi connectivity index (χ4v) is 5.05. The first kappa shape index (κ1) is 16.3. The Bertz CT molecular complexity index is 904. The number of rotatable bonds is 3. The van der Waals surface area contributed by atoms with Crippen molar-refractivity contribution in [3.63, 3.8) is 0 Å². The number of fused-ring (bicyclic) bond motifs is 1. The summed E-state index contributed by atoms with van der Waals surface area (Å²) in [6.45, 7) is 0.606. The van der Waals surface area contributed by atoms with Crippen LogP contribution in [0.1, 0.15) is 31.7 Å². The zero-order chi connectivity index (χ0) is 17.4. The van der Waals surface area contributed by atoms with Crippen molar-refractivity contribution in [2.75, 3.05) is 13.7 Å². The minimum atomic E-state index is -0.440. The molecule has 1 aliphatic heterocycles. The van der Waals surface area contributed by atoms with Gasteiger partial charge in [0.25, 0.3) is 5.91 Å². The average Bonchev–Trinajstić information content (AvgIpc) is 3.31. The number of halogens is 1. The van der Waals surface area contributed by atoms with Crippen LogP contribution in [-0.2, 0) is 6.42 Å². The molecule has 3 heterocycles. The molecule has 128 valence electrons. The number of amides is 1. The lowest BCUT2D eigenvalue weighted by molar-refractivity contribution is 0.0695. The van der Waals surface area contributed by atoms with Crippen LogP contribution in [-0.4, -0.2) is 24.5 Å². The lowest BCUT2D eigenvalue weighted by Gasteiger charge is -2.35. The largest absolute Gasteiger partial charge is 0.496 e. The number of nitrogens with zero attached hydrogens (tertiary/aromatic N) is 1. The molecule has 1 atom stereocenters. The van der Waals surface area contributed by atoms with Crippen LogP contribution in [0.15, 0.2) is 47.2 Å². The third-order valence-electron chi connectivity index (χ3n) is 4.43. The highest BCUT2D eigenvalue weighted by Crippen LogP contribution is 2.40. The average molecular weight is 373 g/mol. The van der Waals surface area contributed by atoms with Crippen molar-refractivity contribution in [1.29, 1.82) is 0 Å². The predicted octanol–water partition coefficient (Wildman–Crippen LogP) is 4.75. The number of carbonyl (C=O) groups excluding carboxylic acids is 1. The van der Waals surface area contributed by atoms with Gasteiger partial charge in [0.2, 0.25) is 0 Å². The summed E-state index contributed by atoms with van der Waals surface area (Å²) in [5, 5.41) is 4.09. The zero-order valence-electron chi connectivity index (χ0n) is 13.6. The molecule has 1 amide bonds. The Labute approximate surface area is 153 Å². The first-order valence-electron chi connectivity index (χ1n) is 7.93. The molecule has 3 aromatic rings. The topological polar surface area (TPSA) is 29.5 Å². The van der Waals surface area contributed by atoms with E-state index in [1.165, 1.54) is 35.7 Å². The predicted molar refractivity (Wildman–Crippen MR) is 98.2 cm³/mol. The lowest BCUT2D eigenvalue weighted by Crippen LogP contribution is -2.40. The number of thiophene rings is 2. The first-order chi connectivity index (χ1) is 12.2. The van der Waals surface area contributed by atoms with E-state index in [2.05, 4.69) is 11.4 Å². The van der Waals surface area contributed by atoms with Gasteiger partial charge in [0.15, 0.2) is 0 Å². The van der Waals surface area contributed by atoms with E-state index in [1.54, 1.807) is 22.7 Å². The van der Waals surface area contributed by atoms with Gasteiger partial charge in [-0.25, -0.2) is 4.39 Å². The van der Waals surface area contributed by atoms with Gasteiger partial charge in [-0.15, -0.1) is 22.7 Å². The van der Waals surface area contributed by atoms with Crippen molar-refractivity contribution in [3.05, 3.63) is 73.9 Å². The zero-order valence-corrected chi connectivity index (χ0v) is 15.2. The fraction of sp³-hybridized carbons (Fsp3) is 0.211. The Morgan fingerprint density at radius 1 is 1.24 bits per heavy atom. The summed E-state index contributed by atoms with van der Waals surface area (Å²) >= 11 is 3.36. The smallest absolute Gasteiger partial charge is 0.258 e. The van der Waals surface area contributed by atoms with E-state index >= 15 is 0 Å². The monoisotopic (exact) mass is 373 g/mol. The molecule has 6 heteroatoms. The van der Waals surface area contributed by atoms with Gasteiger partial charge < -0.3 is 9.64 Å². The molecule has 0 aliphatic carbocycles. The van der Waals surface area contributed by atoms with Crippen molar-refractivity contribution < 1.29 is 13.9 Å². The molecular weight excluding hydrogens is 357 g/mol. The standard InChI is InChI=1S/C19H16FNO2S2/c1-23-15-5-4-12(20)11-14(15)19(22)21-8-6-16-13(7-10-25-16)18(21)17-3-2-9-24-17/h2-5,7,9-11,18H,6,8H2,1H3. The third kappa shape index (κ3) is 2.85. The molecule has 0 bridgehead atoms. The number of hydrogen-bond acceptors (Lipinski definition) is 4. The van der Waals surface area contributed by atoms with Crippen LogP contribution in [0.2, 0.25) is 0 Å². The second-order valence-corrected chi connectivity index (χ2v) is 7.79. The Morgan fingerprint density at radius 2 is 2.12 bits per heavy atom. The molecule has 1 unspecified atom stereocenters. The molecular formula is C19H16FNO2S2. The second kappa shape index (κ2) is 6.61. The van der Waals surface area contributed by atoms with E-state index in [4.69, 9.17) is 4.74 Å². The van der Waals surface area contributed by atoms with Crippen LogP contribution in [0.25, 0.3) is 0 Å². The molecule has 1 aromatic carbocycles. The van der Waals surface area contributed by atoms with E-state index < -0.39 is 5.82 Å². The summed E-state index contributed by atoms with van der Waals surface area (Å²) in [6, 6.07) is 10.1. The Kier molecular flexibility index (Phi) is 4.31. The number of benzene rings is 1. The van der Waals surface area contributed by atoms with Gasteiger partial charge in [-0.05, 0) is 53.1 Å². The molecule has 2 aromatic heterocycles. The van der Waals surface area contributed by atoms with Crippen LogP contribution in [0.3, 0.4) is 0 Å². The van der Waals surface area contributed by atoms with E-state index in [0.717, 1.165) is 11.3 Å². The van der Waals surface area contributed by atoms with Gasteiger partial charge in [0, 0.05) is 16.3 Å². The van der Waals surface area contributed by atoms with E-state index in [-0.39, 0.29) is 17.5 Å². The van der Waals surface area contributed by atoms with Crippen molar-refractivity contribution in [1.82, 2.24) is 4.90 Å². The van der Waals surface area contributed by atoms with Gasteiger partial charge in [-0.1, -0.05) is 6.07 Å². The van der Waals surface area contributed by atoms with Gasteiger partial charge >= 0.3 is 0 Å². The highest BCUT2D eigenvalue weighted by atomic mass is 32.1. The van der Waals surface area contributed by atoms with Crippen LogP contribution in [0.5, 0.6) is 5.75 Å². The van der Waals surface area contributed by atoms with E-state index in [0.29, 0.717) is 12.3 Å². The van der Waals surface area contributed by atoms with Crippen LogP contribution in [0, 0.1) is 5.82 Å². The number of hydrogen-bond donors (Lipinski definition) is 0.